The fourth-order valence-corrected chi connectivity index (χ4v) is 4.45. The van der Waals surface area contributed by atoms with Crippen LogP contribution in [0.2, 0.25) is 0 Å². The highest BCUT2D eigenvalue weighted by Crippen LogP contribution is 2.37. The Kier molecular flexibility index (Phi) is 9.51. The monoisotopic (exact) mass is 578 g/mol. The molecule has 2 aromatic carbocycles. The Bertz CT molecular complexity index is 1610. The number of hydrogen-bond donors (Lipinski definition) is 4. The summed E-state index contributed by atoms with van der Waals surface area (Å²) < 4.78 is 15.9. The molecule has 1 aromatic heterocycles. The van der Waals surface area contributed by atoms with Crippen LogP contribution in [-0.4, -0.2) is 41.3 Å². The van der Waals surface area contributed by atoms with Gasteiger partial charge in [-0.2, -0.15) is 0 Å². The summed E-state index contributed by atoms with van der Waals surface area (Å²) in [5.74, 6) is -2.52. The number of carbonyl (C=O) groups is 4. The minimum absolute atomic E-state index is 0.0142. The second kappa shape index (κ2) is 12.7. The Morgan fingerprint density at radius 2 is 1.74 bits per heavy atom. The first-order valence-corrected chi connectivity index (χ1v) is 13.4. The van der Waals surface area contributed by atoms with Gasteiger partial charge in [0.2, 0.25) is 12.3 Å². The van der Waals surface area contributed by atoms with Crippen LogP contribution in [0.15, 0.2) is 47.3 Å². The van der Waals surface area contributed by atoms with Gasteiger partial charge < -0.3 is 21.7 Å². The molecule has 12 heteroatoms. The first-order chi connectivity index (χ1) is 19.9. The molecule has 1 aliphatic carbocycles. The van der Waals surface area contributed by atoms with Crippen LogP contribution < -0.4 is 32.1 Å². The zero-order valence-electron chi connectivity index (χ0n) is 24.4. The first-order valence-electron chi connectivity index (χ1n) is 13.4. The topological polar surface area (TPSA) is 156 Å². The smallest absolute Gasteiger partial charge is 0.256 e. The lowest BCUT2D eigenvalue weighted by atomic mass is 10.1. The van der Waals surface area contributed by atoms with Crippen molar-refractivity contribution in [3.63, 3.8) is 0 Å². The summed E-state index contributed by atoms with van der Waals surface area (Å²) in [5.41, 5.74) is 4.65. The third kappa shape index (κ3) is 6.02. The van der Waals surface area contributed by atoms with Crippen LogP contribution in [0.25, 0.3) is 0 Å². The summed E-state index contributed by atoms with van der Waals surface area (Å²) in [6, 6.07) is 10.3. The molecule has 42 heavy (non-hydrogen) atoms. The highest BCUT2D eigenvalue weighted by Gasteiger charge is 2.50. The summed E-state index contributed by atoms with van der Waals surface area (Å²) in [5, 5.41) is 7.99. The fraction of sp³-hybridized carbons (Fsp3) is 0.300. The molecule has 0 radical (unpaired) electrons. The van der Waals surface area contributed by atoms with Gasteiger partial charge in [0.25, 0.3) is 17.4 Å². The Labute approximate surface area is 242 Å². The molecule has 3 aromatic rings. The van der Waals surface area contributed by atoms with Crippen LogP contribution in [0.1, 0.15) is 58.5 Å². The number of aromatic nitrogens is 1. The number of rotatable bonds is 9. The summed E-state index contributed by atoms with van der Waals surface area (Å²) >= 11 is 0. The number of halogens is 1. The maximum atomic E-state index is 14.8. The van der Waals surface area contributed by atoms with Gasteiger partial charge in [0, 0.05) is 30.9 Å². The lowest BCUT2D eigenvalue weighted by Gasteiger charge is -2.26. The number of nitrogens with zero attached hydrogens (tertiary/aromatic N) is 2. The van der Waals surface area contributed by atoms with Gasteiger partial charge in [0.1, 0.15) is 22.7 Å². The molecule has 0 atom stereocenters. The zero-order chi connectivity index (χ0) is 31.4. The van der Waals surface area contributed by atoms with E-state index in [-0.39, 0.29) is 39.6 Å². The van der Waals surface area contributed by atoms with E-state index in [0.29, 0.717) is 24.8 Å². The van der Waals surface area contributed by atoms with E-state index < -0.39 is 34.6 Å². The predicted octanol–water partition coefficient (Wildman–Crippen LogP) is 3.31. The van der Waals surface area contributed by atoms with Gasteiger partial charge in [-0.3, -0.25) is 33.4 Å². The summed E-state index contributed by atoms with van der Waals surface area (Å²) in [6.45, 7) is 7.17. The van der Waals surface area contributed by atoms with Crippen LogP contribution in [0.4, 0.5) is 27.3 Å². The third-order valence-corrected chi connectivity index (χ3v) is 6.93. The van der Waals surface area contributed by atoms with E-state index in [1.807, 2.05) is 13.8 Å². The maximum Gasteiger partial charge on any atom is 0.256 e. The molecule has 0 unspecified atom stereocenters. The van der Waals surface area contributed by atoms with Crippen LogP contribution >= 0.6 is 0 Å². The van der Waals surface area contributed by atoms with E-state index in [2.05, 4.69) is 16.0 Å². The molecule has 1 aliphatic rings. The fourth-order valence-electron chi connectivity index (χ4n) is 4.45. The lowest BCUT2D eigenvalue weighted by molar-refractivity contribution is -0.120. The second-order valence-electron chi connectivity index (χ2n) is 9.68. The quantitative estimate of drug-likeness (QED) is 0.286. The first kappa shape index (κ1) is 31.5. The molecular weight excluding hydrogens is 543 g/mol. The maximum absolute atomic E-state index is 14.8. The Balaban J connectivity index is 0.00000237. The number of amides is 4. The number of hydrogen-bond acceptors (Lipinski definition) is 6. The van der Waals surface area contributed by atoms with Crippen molar-refractivity contribution >= 4 is 47.0 Å². The van der Waals surface area contributed by atoms with E-state index in [9.17, 15) is 28.4 Å². The molecular formula is C30H35FN6O5. The van der Waals surface area contributed by atoms with Crippen molar-refractivity contribution in [1.82, 2.24) is 15.2 Å². The molecule has 0 spiro atoms. The molecule has 4 rings (SSSR count). The molecule has 5 N–H and O–H groups in total. The Morgan fingerprint density at radius 1 is 1.07 bits per heavy atom. The largest absolute Gasteiger partial charge is 0.368 e. The Morgan fingerprint density at radius 3 is 2.29 bits per heavy atom. The number of aryl methyl sites for hydroxylation is 1. The number of primary amides is 1. The molecule has 11 nitrogen and oxygen atoms in total. The molecule has 1 fully saturated rings. The predicted molar refractivity (Wildman–Crippen MR) is 159 cm³/mol. The normalized spacial score (nSPS) is 12.7. The highest BCUT2D eigenvalue weighted by atomic mass is 19.1. The van der Waals surface area contributed by atoms with Crippen LogP contribution in [-0.2, 0) is 16.6 Å². The van der Waals surface area contributed by atoms with Crippen LogP contribution in [0.5, 0.6) is 0 Å². The molecule has 0 saturated heterocycles. The minimum Gasteiger partial charge on any atom is -0.368 e. The van der Waals surface area contributed by atoms with E-state index in [4.69, 9.17) is 5.73 Å². The summed E-state index contributed by atoms with van der Waals surface area (Å²) in [6.07, 6.45) is 1.26. The number of carbonyl (C=O) groups excluding carboxylic acids is 4. The zero-order valence-corrected chi connectivity index (χ0v) is 24.4. The van der Waals surface area contributed by atoms with E-state index in [1.54, 1.807) is 13.0 Å². The van der Waals surface area contributed by atoms with E-state index in [0.717, 1.165) is 9.47 Å². The third-order valence-electron chi connectivity index (χ3n) is 6.93. The molecule has 1 saturated carbocycles. The van der Waals surface area contributed by atoms with Crippen molar-refractivity contribution in [2.75, 3.05) is 17.3 Å². The average Bonchev–Trinajstić information content (AvgIpc) is 3.77. The molecule has 0 aliphatic heterocycles. The van der Waals surface area contributed by atoms with Gasteiger partial charge in [-0.25, -0.2) is 4.39 Å². The highest BCUT2D eigenvalue weighted by molar-refractivity contribution is 6.09. The Hall–Kier alpha value is -5.00. The van der Waals surface area contributed by atoms with Crippen molar-refractivity contribution in [3.8, 4) is 0 Å². The number of anilines is 4. The van der Waals surface area contributed by atoms with E-state index in [1.165, 1.54) is 57.4 Å². The van der Waals surface area contributed by atoms with E-state index >= 15 is 0 Å². The van der Waals surface area contributed by atoms with Gasteiger partial charge in [-0.1, -0.05) is 26.0 Å². The molecule has 4 amide bonds. The molecule has 1 heterocycles. The van der Waals surface area contributed by atoms with Gasteiger partial charge in [-0.05, 0) is 62.6 Å². The van der Waals surface area contributed by atoms with Crippen molar-refractivity contribution < 1.29 is 23.6 Å². The summed E-state index contributed by atoms with van der Waals surface area (Å²) in [4.78, 5) is 64.8. The van der Waals surface area contributed by atoms with Crippen molar-refractivity contribution in [1.29, 1.82) is 0 Å². The molecule has 222 valence electrons. The van der Waals surface area contributed by atoms with Crippen LogP contribution in [0.3, 0.4) is 0 Å². The standard InChI is InChI=1S/C28H29FN6O5.C2H6/c1-15-8-9-20(19(29)12-15)32-23-21(25(38)31-3)22(16(2)26(39)34(23)4)35(14-36)18-7-5-6-17(13-18)24(37)33-28(10-11-28)27(30)40;1-2/h5-9,12-14,32H,10-11H2,1-4H3,(H2,30,40)(H,31,38)(H,33,37);1-2H3. The second-order valence-corrected chi connectivity index (χ2v) is 9.68. The average molecular weight is 579 g/mol. The lowest BCUT2D eigenvalue weighted by Crippen LogP contribution is -2.46. The number of pyridine rings is 1. The van der Waals surface area contributed by atoms with Gasteiger partial charge in [-0.15, -0.1) is 0 Å². The van der Waals surface area contributed by atoms with Gasteiger partial charge >= 0.3 is 0 Å². The summed E-state index contributed by atoms with van der Waals surface area (Å²) in [7, 11) is 2.80. The van der Waals surface area contributed by atoms with Crippen molar-refractivity contribution in [2.24, 2.45) is 12.8 Å². The SMILES string of the molecule is CC.CNC(=O)c1c(N(C=O)c2cccc(C(=O)NC3(C(N)=O)CC3)c2)c(C)c(=O)n(C)c1Nc1ccc(C)cc1F. The van der Waals surface area contributed by atoms with Gasteiger partial charge in [0.05, 0.1) is 11.4 Å². The number of benzene rings is 2. The minimum atomic E-state index is -1.10. The number of nitrogens with two attached hydrogens (primary N) is 1. The van der Waals surface area contributed by atoms with Crippen molar-refractivity contribution in [2.45, 2.75) is 46.1 Å². The van der Waals surface area contributed by atoms with Crippen LogP contribution in [0, 0.1) is 19.7 Å². The molecule has 0 bridgehead atoms. The van der Waals surface area contributed by atoms with Crippen molar-refractivity contribution in [3.05, 3.63) is 80.9 Å². The van der Waals surface area contributed by atoms with Gasteiger partial charge in [0.15, 0.2) is 0 Å². The number of nitrogens with one attached hydrogen (secondary N) is 3.